The standard InChI is InChI=1S/C10H10FNO/c1-2-10(12-7-13)8-4-3-5-9(11)6-8/h3-6,10H,2H2,1H3/t10-/m0/s1. The summed E-state index contributed by atoms with van der Waals surface area (Å²) in [4.78, 5) is 13.6. The molecule has 68 valence electrons. The summed E-state index contributed by atoms with van der Waals surface area (Å²) in [5.74, 6) is -0.308. The molecule has 0 amide bonds. The third-order valence-electron chi connectivity index (χ3n) is 1.83. The second-order valence-corrected chi connectivity index (χ2v) is 2.70. The van der Waals surface area contributed by atoms with Crippen molar-refractivity contribution < 1.29 is 9.18 Å². The SMILES string of the molecule is CC[C@H](N=C=O)c1cccc(F)c1. The highest BCUT2D eigenvalue weighted by Crippen LogP contribution is 2.20. The van der Waals surface area contributed by atoms with E-state index in [4.69, 9.17) is 0 Å². The number of hydrogen-bond donors (Lipinski definition) is 0. The Bertz CT molecular complexity index is 331. The summed E-state index contributed by atoms with van der Waals surface area (Å²) in [5.41, 5.74) is 0.714. The quantitative estimate of drug-likeness (QED) is 0.518. The topological polar surface area (TPSA) is 29.4 Å². The lowest BCUT2D eigenvalue weighted by atomic mass is 10.1. The predicted molar refractivity (Wildman–Crippen MR) is 47.6 cm³/mol. The molecule has 0 radical (unpaired) electrons. The third kappa shape index (κ3) is 2.49. The highest BCUT2D eigenvalue weighted by molar-refractivity contribution is 5.35. The molecule has 0 fully saturated rings. The number of halogens is 1. The molecule has 0 N–H and O–H groups in total. The van der Waals surface area contributed by atoms with Crippen molar-refractivity contribution in [3.05, 3.63) is 35.6 Å². The first-order chi connectivity index (χ1) is 6.27. The zero-order valence-electron chi connectivity index (χ0n) is 7.33. The summed E-state index contributed by atoms with van der Waals surface area (Å²) in [6.07, 6.45) is 2.15. The Kier molecular flexibility index (Phi) is 3.35. The first-order valence-corrected chi connectivity index (χ1v) is 4.10. The van der Waals surface area contributed by atoms with Gasteiger partial charge in [0.15, 0.2) is 0 Å². The zero-order chi connectivity index (χ0) is 9.68. The highest BCUT2D eigenvalue weighted by atomic mass is 19.1. The zero-order valence-corrected chi connectivity index (χ0v) is 7.33. The van der Waals surface area contributed by atoms with E-state index in [-0.39, 0.29) is 11.9 Å². The lowest BCUT2D eigenvalue weighted by molar-refractivity contribution is 0.555. The van der Waals surface area contributed by atoms with Crippen LogP contribution < -0.4 is 0 Å². The van der Waals surface area contributed by atoms with Crippen molar-refractivity contribution >= 4 is 6.08 Å². The van der Waals surface area contributed by atoms with E-state index in [1.165, 1.54) is 18.2 Å². The number of benzene rings is 1. The average Bonchev–Trinajstić information content (AvgIpc) is 2.14. The van der Waals surface area contributed by atoms with Gasteiger partial charge in [0, 0.05) is 0 Å². The van der Waals surface area contributed by atoms with Crippen LogP contribution in [0.15, 0.2) is 29.3 Å². The van der Waals surface area contributed by atoms with Crippen molar-refractivity contribution in [2.45, 2.75) is 19.4 Å². The van der Waals surface area contributed by atoms with Crippen LogP contribution in [0.4, 0.5) is 4.39 Å². The molecule has 0 aliphatic carbocycles. The van der Waals surface area contributed by atoms with E-state index >= 15 is 0 Å². The number of carbonyl (C=O) groups excluding carboxylic acids is 1. The fraction of sp³-hybridized carbons (Fsp3) is 0.300. The van der Waals surface area contributed by atoms with Crippen molar-refractivity contribution in [1.82, 2.24) is 0 Å². The molecule has 0 unspecified atom stereocenters. The monoisotopic (exact) mass is 179 g/mol. The van der Waals surface area contributed by atoms with Gasteiger partial charge in [-0.25, -0.2) is 9.18 Å². The van der Waals surface area contributed by atoms with Gasteiger partial charge in [0.2, 0.25) is 6.08 Å². The molecule has 0 bridgehead atoms. The maximum atomic E-state index is 12.8. The second kappa shape index (κ2) is 4.53. The Hall–Kier alpha value is -1.47. The smallest absolute Gasteiger partial charge is 0.211 e. The van der Waals surface area contributed by atoms with E-state index in [1.807, 2.05) is 6.92 Å². The van der Waals surface area contributed by atoms with E-state index in [1.54, 1.807) is 12.1 Å². The van der Waals surface area contributed by atoms with Crippen molar-refractivity contribution in [1.29, 1.82) is 0 Å². The molecular formula is C10H10FNO. The van der Waals surface area contributed by atoms with Gasteiger partial charge in [0.25, 0.3) is 0 Å². The summed E-state index contributed by atoms with van der Waals surface area (Å²) in [6.45, 7) is 1.89. The molecule has 0 heterocycles. The minimum Gasteiger partial charge on any atom is -0.211 e. The largest absolute Gasteiger partial charge is 0.235 e. The molecule has 0 saturated carbocycles. The summed E-state index contributed by atoms with van der Waals surface area (Å²) < 4.78 is 12.8. The lowest BCUT2D eigenvalue weighted by Crippen LogP contribution is -1.93. The molecule has 3 heteroatoms. The maximum absolute atomic E-state index is 12.8. The van der Waals surface area contributed by atoms with Gasteiger partial charge < -0.3 is 0 Å². The van der Waals surface area contributed by atoms with E-state index < -0.39 is 0 Å². The fourth-order valence-corrected chi connectivity index (χ4v) is 1.18. The molecule has 1 atom stereocenters. The van der Waals surface area contributed by atoms with Crippen LogP contribution in [-0.4, -0.2) is 6.08 Å². The Morgan fingerprint density at radius 1 is 1.62 bits per heavy atom. The van der Waals surface area contributed by atoms with Crippen LogP contribution >= 0.6 is 0 Å². The molecule has 0 aromatic heterocycles. The van der Waals surface area contributed by atoms with Gasteiger partial charge >= 0.3 is 0 Å². The number of isocyanates is 1. The Morgan fingerprint density at radius 2 is 2.38 bits per heavy atom. The van der Waals surface area contributed by atoms with Crippen LogP contribution in [0.25, 0.3) is 0 Å². The molecule has 0 saturated heterocycles. The number of rotatable bonds is 3. The summed E-state index contributed by atoms with van der Waals surface area (Å²) >= 11 is 0. The maximum Gasteiger partial charge on any atom is 0.235 e. The van der Waals surface area contributed by atoms with Gasteiger partial charge in [-0.05, 0) is 24.1 Å². The molecule has 1 aromatic rings. The van der Waals surface area contributed by atoms with Gasteiger partial charge in [-0.1, -0.05) is 19.1 Å². The van der Waals surface area contributed by atoms with Gasteiger partial charge in [-0.3, -0.25) is 0 Å². The van der Waals surface area contributed by atoms with Crippen LogP contribution in [0, 0.1) is 5.82 Å². The molecule has 0 aliphatic heterocycles. The molecule has 0 aliphatic rings. The second-order valence-electron chi connectivity index (χ2n) is 2.70. The normalized spacial score (nSPS) is 11.8. The minimum absolute atomic E-state index is 0.270. The molecule has 2 nitrogen and oxygen atoms in total. The van der Waals surface area contributed by atoms with Crippen molar-refractivity contribution in [2.24, 2.45) is 4.99 Å². The van der Waals surface area contributed by atoms with Gasteiger partial charge in [-0.2, -0.15) is 4.99 Å². The van der Waals surface area contributed by atoms with Crippen LogP contribution in [-0.2, 0) is 4.79 Å². The molecule has 0 spiro atoms. The summed E-state index contributed by atoms with van der Waals surface area (Å²) in [6, 6.07) is 5.83. The van der Waals surface area contributed by atoms with Gasteiger partial charge in [0.1, 0.15) is 5.82 Å². The average molecular weight is 179 g/mol. The van der Waals surface area contributed by atoms with Crippen LogP contribution in [0.5, 0.6) is 0 Å². The summed E-state index contributed by atoms with van der Waals surface area (Å²) in [7, 11) is 0. The van der Waals surface area contributed by atoms with E-state index in [0.717, 1.165) is 0 Å². The Balaban J connectivity index is 2.97. The van der Waals surface area contributed by atoms with Crippen molar-refractivity contribution in [2.75, 3.05) is 0 Å². The molecular weight excluding hydrogens is 169 g/mol. The first-order valence-electron chi connectivity index (χ1n) is 4.10. The number of aliphatic imine (C=N–C) groups is 1. The van der Waals surface area contributed by atoms with E-state index in [2.05, 4.69) is 4.99 Å². The minimum atomic E-state index is -0.308. The Morgan fingerprint density at radius 3 is 2.92 bits per heavy atom. The van der Waals surface area contributed by atoms with Crippen LogP contribution in [0.3, 0.4) is 0 Å². The first kappa shape index (κ1) is 9.62. The third-order valence-corrected chi connectivity index (χ3v) is 1.83. The highest BCUT2D eigenvalue weighted by Gasteiger charge is 2.07. The van der Waals surface area contributed by atoms with E-state index in [0.29, 0.717) is 12.0 Å². The van der Waals surface area contributed by atoms with Crippen molar-refractivity contribution in [3.63, 3.8) is 0 Å². The molecule has 1 aromatic carbocycles. The predicted octanol–water partition coefficient (Wildman–Crippen LogP) is 2.61. The fourth-order valence-electron chi connectivity index (χ4n) is 1.18. The molecule has 13 heavy (non-hydrogen) atoms. The molecule has 1 rings (SSSR count). The number of nitrogens with zero attached hydrogens (tertiary/aromatic N) is 1. The summed E-state index contributed by atoms with van der Waals surface area (Å²) in [5, 5.41) is 0. The van der Waals surface area contributed by atoms with E-state index in [9.17, 15) is 9.18 Å². The van der Waals surface area contributed by atoms with Crippen LogP contribution in [0.1, 0.15) is 24.9 Å². The van der Waals surface area contributed by atoms with Gasteiger partial charge in [0.05, 0.1) is 6.04 Å². The van der Waals surface area contributed by atoms with Crippen LogP contribution in [0.2, 0.25) is 0 Å². The van der Waals surface area contributed by atoms with Gasteiger partial charge in [-0.15, -0.1) is 0 Å². The lowest BCUT2D eigenvalue weighted by Gasteiger charge is -2.06. The number of hydrogen-bond acceptors (Lipinski definition) is 2. The van der Waals surface area contributed by atoms with Crippen molar-refractivity contribution in [3.8, 4) is 0 Å². The Labute approximate surface area is 76.1 Å².